The van der Waals surface area contributed by atoms with E-state index in [1.54, 1.807) is 0 Å². The first-order valence-corrected chi connectivity index (χ1v) is 8.33. The first-order valence-electron chi connectivity index (χ1n) is 8.33. The largest absolute Gasteiger partial charge is 0.314 e. The van der Waals surface area contributed by atoms with Crippen LogP contribution in [-0.2, 0) is 0 Å². The van der Waals surface area contributed by atoms with Gasteiger partial charge >= 0.3 is 0 Å². The molecule has 0 saturated heterocycles. The van der Waals surface area contributed by atoms with Crippen molar-refractivity contribution in [2.45, 2.75) is 92.0 Å². The Balaban J connectivity index is 3.39. The lowest BCUT2D eigenvalue weighted by Gasteiger charge is -2.20. The van der Waals surface area contributed by atoms with Crippen molar-refractivity contribution in [1.82, 2.24) is 5.32 Å². The van der Waals surface area contributed by atoms with E-state index < -0.39 is 0 Å². The summed E-state index contributed by atoms with van der Waals surface area (Å²) >= 11 is 0. The molecule has 0 radical (unpaired) electrons. The standard InChI is InChI=1S/C17H37N/c1-6-16(5)14-17(7-2)18-13-11-9-8-10-12-15(3)4/h15-18H,6-14H2,1-5H3. The van der Waals surface area contributed by atoms with E-state index in [1.807, 2.05) is 0 Å². The third-order valence-corrected chi connectivity index (χ3v) is 4.02. The fraction of sp³-hybridized carbons (Fsp3) is 1.00. The Labute approximate surface area is 116 Å². The molecule has 0 spiro atoms. The van der Waals surface area contributed by atoms with Gasteiger partial charge in [0, 0.05) is 6.04 Å². The number of rotatable bonds is 12. The lowest BCUT2D eigenvalue weighted by molar-refractivity contribution is 0.380. The van der Waals surface area contributed by atoms with Gasteiger partial charge in [-0.25, -0.2) is 0 Å². The second-order valence-corrected chi connectivity index (χ2v) is 6.41. The molecular weight excluding hydrogens is 218 g/mol. The lowest BCUT2D eigenvalue weighted by atomic mass is 9.97. The highest BCUT2D eigenvalue weighted by Crippen LogP contribution is 2.12. The fourth-order valence-corrected chi connectivity index (χ4v) is 2.38. The van der Waals surface area contributed by atoms with Crippen LogP contribution in [-0.4, -0.2) is 12.6 Å². The summed E-state index contributed by atoms with van der Waals surface area (Å²) in [6.45, 7) is 12.8. The molecule has 0 bridgehead atoms. The van der Waals surface area contributed by atoms with E-state index >= 15 is 0 Å². The molecular formula is C17H37N. The Hall–Kier alpha value is -0.0400. The number of unbranched alkanes of at least 4 members (excludes halogenated alkanes) is 3. The number of hydrogen-bond acceptors (Lipinski definition) is 1. The summed E-state index contributed by atoms with van der Waals surface area (Å²) in [5.74, 6) is 1.75. The summed E-state index contributed by atoms with van der Waals surface area (Å²) in [5, 5.41) is 3.73. The molecule has 1 N–H and O–H groups in total. The summed E-state index contributed by atoms with van der Waals surface area (Å²) in [6.07, 6.45) is 10.9. The van der Waals surface area contributed by atoms with Crippen LogP contribution in [0.15, 0.2) is 0 Å². The first-order chi connectivity index (χ1) is 8.60. The number of hydrogen-bond donors (Lipinski definition) is 1. The zero-order chi connectivity index (χ0) is 13.8. The summed E-state index contributed by atoms with van der Waals surface area (Å²) < 4.78 is 0. The predicted molar refractivity (Wildman–Crippen MR) is 84.1 cm³/mol. The summed E-state index contributed by atoms with van der Waals surface area (Å²) in [5.41, 5.74) is 0. The van der Waals surface area contributed by atoms with Crippen LogP contribution in [0.2, 0.25) is 0 Å². The van der Waals surface area contributed by atoms with E-state index in [-0.39, 0.29) is 0 Å². The molecule has 0 aliphatic carbocycles. The fourth-order valence-electron chi connectivity index (χ4n) is 2.38. The molecule has 0 aliphatic heterocycles. The van der Waals surface area contributed by atoms with Crippen molar-refractivity contribution < 1.29 is 0 Å². The Morgan fingerprint density at radius 3 is 2.06 bits per heavy atom. The summed E-state index contributed by atoms with van der Waals surface area (Å²) in [4.78, 5) is 0. The first kappa shape index (κ1) is 18.0. The molecule has 1 nitrogen and oxygen atoms in total. The maximum absolute atomic E-state index is 3.73. The molecule has 1 heteroatoms. The Morgan fingerprint density at radius 2 is 1.50 bits per heavy atom. The van der Waals surface area contributed by atoms with Crippen LogP contribution in [0.4, 0.5) is 0 Å². The van der Waals surface area contributed by atoms with Crippen molar-refractivity contribution in [3.05, 3.63) is 0 Å². The Morgan fingerprint density at radius 1 is 0.833 bits per heavy atom. The van der Waals surface area contributed by atoms with Gasteiger partial charge in [-0.2, -0.15) is 0 Å². The number of nitrogens with one attached hydrogen (secondary N) is 1. The molecule has 0 amide bonds. The Kier molecular flexibility index (Phi) is 12.0. The van der Waals surface area contributed by atoms with Gasteiger partial charge in [-0.1, -0.05) is 66.7 Å². The highest BCUT2D eigenvalue weighted by molar-refractivity contribution is 4.68. The molecule has 2 atom stereocenters. The van der Waals surface area contributed by atoms with Crippen molar-refractivity contribution in [3.63, 3.8) is 0 Å². The summed E-state index contributed by atoms with van der Waals surface area (Å²) in [6, 6.07) is 0.746. The van der Waals surface area contributed by atoms with E-state index in [1.165, 1.54) is 57.9 Å². The highest BCUT2D eigenvalue weighted by atomic mass is 14.9. The van der Waals surface area contributed by atoms with Crippen LogP contribution in [0.5, 0.6) is 0 Å². The average molecular weight is 255 g/mol. The van der Waals surface area contributed by atoms with Gasteiger partial charge in [-0.15, -0.1) is 0 Å². The second-order valence-electron chi connectivity index (χ2n) is 6.41. The average Bonchev–Trinajstić information content (AvgIpc) is 2.35. The van der Waals surface area contributed by atoms with Gasteiger partial charge < -0.3 is 5.32 Å². The normalized spacial score (nSPS) is 15.0. The van der Waals surface area contributed by atoms with Crippen molar-refractivity contribution in [1.29, 1.82) is 0 Å². The van der Waals surface area contributed by atoms with Crippen LogP contribution in [0.3, 0.4) is 0 Å². The third-order valence-electron chi connectivity index (χ3n) is 4.02. The van der Waals surface area contributed by atoms with Crippen molar-refractivity contribution in [2.75, 3.05) is 6.54 Å². The minimum absolute atomic E-state index is 0.746. The van der Waals surface area contributed by atoms with Gasteiger partial charge in [0.1, 0.15) is 0 Å². The van der Waals surface area contributed by atoms with Gasteiger partial charge in [-0.05, 0) is 37.6 Å². The minimum Gasteiger partial charge on any atom is -0.314 e. The Bertz CT molecular complexity index is 165. The van der Waals surface area contributed by atoms with Crippen LogP contribution in [0.1, 0.15) is 86.0 Å². The van der Waals surface area contributed by atoms with Gasteiger partial charge in [0.05, 0.1) is 0 Å². The summed E-state index contributed by atoms with van der Waals surface area (Å²) in [7, 11) is 0. The minimum atomic E-state index is 0.746. The topological polar surface area (TPSA) is 12.0 Å². The second kappa shape index (κ2) is 12.0. The van der Waals surface area contributed by atoms with E-state index in [2.05, 4.69) is 39.9 Å². The zero-order valence-electron chi connectivity index (χ0n) is 13.6. The molecule has 110 valence electrons. The van der Waals surface area contributed by atoms with Crippen molar-refractivity contribution >= 4 is 0 Å². The smallest absolute Gasteiger partial charge is 0.00669 e. The molecule has 0 fully saturated rings. The van der Waals surface area contributed by atoms with Crippen LogP contribution < -0.4 is 5.32 Å². The van der Waals surface area contributed by atoms with Gasteiger partial charge in [0.15, 0.2) is 0 Å². The lowest BCUT2D eigenvalue weighted by Crippen LogP contribution is -2.30. The third kappa shape index (κ3) is 11.1. The van der Waals surface area contributed by atoms with Gasteiger partial charge in [0.2, 0.25) is 0 Å². The molecule has 18 heavy (non-hydrogen) atoms. The quantitative estimate of drug-likeness (QED) is 0.461. The van der Waals surface area contributed by atoms with E-state index in [0.717, 1.165) is 17.9 Å². The molecule has 0 heterocycles. The highest BCUT2D eigenvalue weighted by Gasteiger charge is 2.09. The molecule has 0 aromatic heterocycles. The zero-order valence-corrected chi connectivity index (χ0v) is 13.6. The van der Waals surface area contributed by atoms with Crippen molar-refractivity contribution in [2.24, 2.45) is 11.8 Å². The molecule has 0 aliphatic rings. The van der Waals surface area contributed by atoms with Crippen molar-refractivity contribution in [3.8, 4) is 0 Å². The van der Waals surface area contributed by atoms with Gasteiger partial charge in [-0.3, -0.25) is 0 Å². The SMILES string of the molecule is CCC(C)CC(CC)NCCCCCCC(C)C. The molecule has 2 unspecified atom stereocenters. The molecule has 0 saturated carbocycles. The van der Waals surface area contributed by atoms with E-state index in [9.17, 15) is 0 Å². The van der Waals surface area contributed by atoms with Gasteiger partial charge in [0.25, 0.3) is 0 Å². The van der Waals surface area contributed by atoms with E-state index in [4.69, 9.17) is 0 Å². The van der Waals surface area contributed by atoms with E-state index in [0.29, 0.717) is 0 Å². The monoisotopic (exact) mass is 255 g/mol. The molecule has 0 aromatic rings. The maximum atomic E-state index is 3.73. The predicted octanol–water partition coefficient (Wildman–Crippen LogP) is 5.40. The molecule has 0 aromatic carbocycles. The van der Waals surface area contributed by atoms with Crippen LogP contribution in [0.25, 0.3) is 0 Å². The maximum Gasteiger partial charge on any atom is 0.00669 e. The van der Waals surface area contributed by atoms with Crippen LogP contribution >= 0.6 is 0 Å². The molecule has 0 rings (SSSR count). The van der Waals surface area contributed by atoms with Crippen LogP contribution in [0, 0.1) is 11.8 Å².